The van der Waals surface area contributed by atoms with Crippen LogP contribution in [-0.2, 0) is 0 Å². The number of benzene rings is 1. The third-order valence-corrected chi connectivity index (χ3v) is 3.74. The molecule has 0 bridgehead atoms. The topological polar surface area (TPSA) is 50.7 Å². The Balaban J connectivity index is 2.01. The van der Waals surface area contributed by atoms with Crippen molar-refractivity contribution in [2.45, 2.75) is 18.8 Å². The van der Waals surface area contributed by atoms with Gasteiger partial charge in [-0.15, -0.1) is 0 Å². The molecule has 1 fully saturated rings. The third kappa shape index (κ3) is 1.81. The zero-order valence-electron chi connectivity index (χ0n) is 9.33. The first kappa shape index (κ1) is 11.0. The van der Waals surface area contributed by atoms with E-state index in [0.29, 0.717) is 17.4 Å². The minimum absolute atomic E-state index is 0.141. The monoisotopic (exact) mass is 255 g/mol. The van der Waals surface area contributed by atoms with Crippen molar-refractivity contribution < 1.29 is 14.6 Å². The van der Waals surface area contributed by atoms with E-state index in [1.807, 2.05) is 6.07 Å². The second-order valence-corrected chi connectivity index (χ2v) is 4.76. The molecule has 3 rings (SSSR count). The minimum Gasteiger partial charge on any atom is -0.506 e. The number of ether oxygens (including phenoxy) is 2. The van der Waals surface area contributed by atoms with Gasteiger partial charge in [-0.2, -0.15) is 0 Å². The van der Waals surface area contributed by atoms with Crippen LogP contribution in [0.4, 0.5) is 0 Å². The van der Waals surface area contributed by atoms with Gasteiger partial charge in [0.15, 0.2) is 11.5 Å². The lowest BCUT2D eigenvalue weighted by atomic mass is 9.89. The van der Waals surface area contributed by atoms with E-state index in [0.717, 1.165) is 31.5 Å². The molecule has 0 amide bonds. The summed E-state index contributed by atoms with van der Waals surface area (Å²) in [4.78, 5) is 0. The van der Waals surface area contributed by atoms with Crippen molar-refractivity contribution >= 4 is 11.6 Å². The molecule has 2 N–H and O–H groups in total. The Morgan fingerprint density at radius 3 is 2.82 bits per heavy atom. The molecule has 1 aromatic carbocycles. The van der Waals surface area contributed by atoms with Crippen molar-refractivity contribution in [3.63, 3.8) is 0 Å². The maximum absolute atomic E-state index is 10.1. The molecule has 0 saturated carbocycles. The Labute approximate surface area is 104 Å². The van der Waals surface area contributed by atoms with Gasteiger partial charge in [-0.25, -0.2) is 0 Å². The number of fused-ring (bicyclic) bond motifs is 1. The first-order valence-corrected chi connectivity index (χ1v) is 6.17. The Morgan fingerprint density at radius 1 is 1.29 bits per heavy atom. The molecular weight excluding hydrogens is 242 g/mol. The van der Waals surface area contributed by atoms with Crippen LogP contribution >= 0.6 is 11.6 Å². The van der Waals surface area contributed by atoms with Gasteiger partial charge in [0.2, 0.25) is 6.79 Å². The van der Waals surface area contributed by atoms with Gasteiger partial charge in [-0.05, 0) is 37.9 Å². The van der Waals surface area contributed by atoms with Crippen molar-refractivity contribution in [3.05, 3.63) is 16.7 Å². The molecule has 4 nitrogen and oxygen atoms in total. The second kappa shape index (κ2) is 4.27. The number of piperidine rings is 1. The molecule has 0 atom stereocenters. The van der Waals surface area contributed by atoms with E-state index in [1.165, 1.54) is 0 Å². The van der Waals surface area contributed by atoms with E-state index in [9.17, 15) is 5.11 Å². The second-order valence-electron chi connectivity index (χ2n) is 4.39. The number of phenols is 1. The molecule has 0 radical (unpaired) electrons. The van der Waals surface area contributed by atoms with Gasteiger partial charge >= 0.3 is 0 Å². The van der Waals surface area contributed by atoms with Crippen LogP contribution < -0.4 is 14.8 Å². The number of hydrogen-bond donors (Lipinski definition) is 2. The predicted octanol–water partition coefficient (Wildman–Crippen LogP) is 2.24. The van der Waals surface area contributed by atoms with E-state index in [1.54, 1.807) is 0 Å². The summed E-state index contributed by atoms with van der Waals surface area (Å²) in [5, 5.41) is 13.7. The van der Waals surface area contributed by atoms with E-state index in [-0.39, 0.29) is 17.6 Å². The lowest BCUT2D eigenvalue weighted by Crippen LogP contribution is -2.26. The van der Waals surface area contributed by atoms with Gasteiger partial charge in [0, 0.05) is 5.56 Å². The molecule has 1 saturated heterocycles. The first-order valence-electron chi connectivity index (χ1n) is 5.79. The SMILES string of the molecule is Oc1c(C2CCNCC2)cc2c(c1Cl)OCO2. The summed E-state index contributed by atoms with van der Waals surface area (Å²) in [7, 11) is 0. The van der Waals surface area contributed by atoms with Crippen LogP contribution in [0.3, 0.4) is 0 Å². The Kier molecular flexibility index (Phi) is 2.76. The molecule has 1 aromatic rings. The number of hydrogen-bond acceptors (Lipinski definition) is 4. The van der Waals surface area contributed by atoms with Crippen molar-refractivity contribution in [2.75, 3.05) is 19.9 Å². The first-order chi connectivity index (χ1) is 8.27. The summed E-state index contributed by atoms with van der Waals surface area (Å²) >= 11 is 6.09. The van der Waals surface area contributed by atoms with Crippen LogP contribution in [0.15, 0.2) is 6.07 Å². The highest BCUT2D eigenvalue weighted by molar-refractivity contribution is 6.34. The quantitative estimate of drug-likeness (QED) is 0.808. The standard InChI is InChI=1S/C12H14ClNO3/c13-10-11(15)8(7-1-3-14-4-2-7)5-9-12(10)17-6-16-9/h5,7,14-15H,1-4,6H2. The average Bonchev–Trinajstić information content (AvgIpc) is 2.83. The van der Waals surface area contributed by atoms with Crippen molar-refractivity contribution in [2.24, 2.45) is 0 Å². The molecule has 0 unspecified atom stereocenters. The normalized spacial score (nSPS) is 19.6. The molecule has 5 heteroatoms. The fraction of sp³-hybridized carbons (Fsp3) is 0.500. The molecule has 92 valence electrons. The van der Waals surface area contributed by atoms with Crippen molar-refractivity contribution in [1.82, 2.24) is 5.32 Å². The van der Waals surface area contributed by atoms with Gasteiger partial charge in [0.1, 0.15) is 10.8 Å². The summed E-state index contributed by atoms with van der Waals surface area (Å²) in [6.45, 7) is 2.11. The van der Waals surface area contributed by atoms with Crippen molar-refractivity contribution in [1.29, 1.82) is 0 Å². The summed E-state index contributed by atoms with van der Waals surface area (Å²) < 4.78 is 10.6. The number of rotatable bonds is 1. The maximum atomic E-state index is 10.1. The molecule has 0 aromatic heterocycles. The Morgan fingerprint density at radius 2 is 2.06 bits per heavy atom. The zero-order valence-corrected chi connectivity index (χ0v) is 10.1. The van der Waals surface area contributed by atoms with Crippen LogP contribution in [0.1, 0.15) is 24.3 Å². The Hall–Kier alpha value is -1.13. The summed E-state index contributed by atoms with van der Waals surface area (Å²) in [5.41, 5.74) is 0.876. The molecule has 2 heterocycles. The van der Waals surface area contributed by atoms with E-state index >= 15 is 0 Å². The lowest BCUT2D eigenvalue weighted by Gasteiger charge is -2.24. The number of halogens is 1. The van der Waals surface area contributed by atoms with E-state index in [2.05, 4.69) is 5.32 Å². The van der Waals surface area contributed by atoms with Crippen LogP contribution in [0.5, 0.6) is 17.2 Å². The summed E-state index contributed by atoms with van der Waals surface area (Å²) in [6, 6.07) is 1.86. The minimum atomic E-state index is 0.141. The van der Waals surface area contributed by atoms with Crippen LogP contribution in [0.2, 0.25) is 5.02 Å². The fourth-order valence-corrected chi connectivity index (χ4v) is 2.71. The van der Waals surface area contributed by atoms with Gasteiger partial charge in [-0.3, -0.25) is 0 Å². The molecule has 0 aliphatic carbocycles. The van der Waals surface area contributed by atoms with Crippen LogP contribution in [-0.4, -0.2) is 25.0 Å². The van der Waals surface area contributed by atoms with E-state index < -0.39 is 0 Å². The zero-order chi connectivity index (χ0) is 11.8. The number of phenolic OH excluding ortho intramolecular Hbond substituents is 1. The van der Waals surface area contributed by atoms with Gasteiger partial charge in [-0.1, -0.05) is 11.6 Å². The smallest absolute Gasteiger partial charge is 0.231 e. The fourth-order valence-electron chi connectivity index (χ4n) is 2.46. The highest BCUT2D eigenvalue weighted by atomic mass is 35.5. The summed E-state index contributed by atoms with van der Waals surface area (Å²) in [5.74, 6) is 1.58. The molecular formula is C12H14ClNO3. The third-order valence-electron chi connectivity index (χ3n) is 3.39. The van der Waals surface area contributed by atoms with E-state index in [4.69, 9.17) is 21.1 Å². The van der Waals surface area contributed by atoms with Crippen molar-refractivity contribution in [3.8, 4) is 17.2 Å². The maximum Gasteiger partial charge on any atom is 0.231 e. The highest BCUT2D eigenvalue weighted by Crippen LogP contribution is 2.48. The largest absolute Gasteiger partial charge is 0.506 e. The van der Waals surface area contributed by atoms with Gasteiger partial charge < -0.3 is 19.9 Å². The molecule has 0 spiro atoms. The average molecular weight is 256 g/mol. The molecule has 17 heavy (non-hydrogen) atoms. The van der Waals surface area contributed by atoms with Gasteiger partial charge in [0.25, 0.3) is 0 Å². The highest BCUT2D eigenvalue weighted by Gasteiger charge is 2.27. The lowest BCUT2D eigenvalue weighted by molar-refractivity contribution is 0.174. The molecule has 2 aliphatic heterocycles. The van der Waals surface area contributed by atoms with Crippen LogP contribution in [0.25, 0.3) is 0 Å². The Bertz CT molecular complexity index is 444. The van der Waals surface area contributed by atoms with Crippen LogP contribution in [0, 0.1) is 0 Å². The number of nitrogens with one attached hydrogen (secondary N) is 1. The predicted molar refractivity (Wildman–Crippen MR) is 64.1 cm³/mol. The van der Waals surface area contributed by atoms with Gasteiger partial charge in [0.05, 0.1) is 0 Å². The summed E-state index contributed by atoms with van der Waals surface area (Å²) in [6.07, 6.45) is 2.01. The molecule has 2 aliphatic rings. The number of aromatic hydroxyl groups is 1.